The van der Waals surface area contributed by atoms with Crippen molar-refractivity contribution in [1.82, 2.24) is 4.90 Å². The largest absolute Gasteiger partial charge is 0.469 e. The first kappa shape index (κ1) is 13.5. The predicted octanol–water partition coefficient (Wildman–Crippen LogP) is 2.45. The SMILES string of the molecule is COC(=O)CCCN1CCCC(C)(C)CC1. The van der Waals surface area contributed by atoms with Gasteiger partial charge in [0.2, 0.25) is 0 Å². The minimum atomic E-state index is -0.0878. The highest BCUT2D eigenvalue weighted by Gasteiger charge is 2.22. The number of carbonyl (C=O) groups excluding carboxylic acids is 1. The minimum Gasteiger partial charge on any atom is -0.469 e. The number of carbonyl (C=O) groups is 1. The molecule has 1 fully saturated rings. The molecule has 16 heavy (non-hydrogen) atoms. The second-order valence-electron chi connectivity index (χ2n) is 5.54. The molecule has 0 aliphatic carbocycles. The van der Waals surface area contributed by atoms with Gasteiger partial charge in [-0.15, -0.1) is 0 Å². The van der Waals surface area contributed by atoms with Crippen LogP contribution in [-0.4, -0.2) is 37.6 Å². The Labute approximate surface area is 99.1 Å². The number of methoxy groups -OCH3 is 1. The smallest absolute Gasteiger partial charge is 0.305 e. The average molecular weight is 227 g/mol. The number of nitrogens with zero attached hydrogens (tertiary/aromatic N) is 1. The zero-order valence-electron chi connectivity index (χ0n) is 10.9. The Morgan fingerprint density at radius 3 is 2.75 bits per heavy atom. The summed E-state index contributed by atoms with van der Waals surface area (Å²) in [5.74, 6) is -0.0878. The zero-order valence-corrected chi connectivity index (χ0v) is 10.9. The summed E-state index contributed by atoms with van der Waals surface area (Å²) >= 11 is 0. The van der Waals surface area contributed by atoms with Gasteiger partial charge in [-0.25, -0.2) is 0 Å². The number of ether oxygens (including phenoxy) is 1. The molecule has 0 amide bonds. The molecule has 0 radical (unpaired) electrons. The first-order valence-electron chi connectivity index (χ1n) is 6.33. The lowest BCUT2D eigenvalue weighted by Gasteiger charge is -2.23. The summed E-state index contributed by atoms with van der Waals surface area (Å²) in [7, 11) is 1.46. The Hall–Kier alpha value is -0.570. The van der Waals surface area contributed by atoms with Crippen molar-refractivity contribution >= 4 is 5.97 Å². The number of esters is 1. The van der Waals surface area contributed by atoms with Crippen LogP contribution in [0, 0.1) is 5.41 Å². The van der Waals surface area contributed by atoms with Crippen LogP contribution in [0.2, 0.25) is 0 Å². The minimum absolute atomic E-state index is 0.0878. The molecule has 1 aliphatic rings. The van der Waals surface area contributed by atoms with Crippen molar-refractivity contribution in [2.24, 2.45) is 5.41 Å². The summed E-state index contributed by atoms with van der Waals surface area (Å²) in [4.78, 5) is 13.5. The van der Waals surface area contributed by atoms with Gasteiger partial charge in [0.1, 0.15) is 0 Å². The Balaban J connectivity index is 2.20. The van der Waals surface area contributed by atoms with Gasteiger partial charge in [-0.1, -0.05) is 13.8 Å². The van der Waals surface area contributed by atoms with Gasteiger partial charge in [0.25, 0.3) is 0 Å². The standard InChI is InChI=1S/C13H25NO2/c1-13(2)7-5-10-14(11-8-13)9-4-6-12(15)16-3/h4-11H2,1-3H3. The second-order valence-corrected chi connectivity index (χ2v) is 5.54. The molecule has 1 saturated heterocycles. The highest BCUT2D eigenvalue weighted by atomic mass is 16.5. The second kappa shape index (κ2) is 6.24. The lowest BCUT2D eigenvalue weighted by molar-refractivity contribution is -0.140. The summed E-state index contributed by atoms with van der Waals surface area (Å²) in [6.07, 6.45) is 5.35. The third kappa shape index (κ3) is 4.97. The summed E-state index contributed by atoms with van der Waals surface area (Å²) < 4.78 is 4.64. The van der Waals surface area contributed by atoms with E-state index in [1.807, 2.05) is 0 Å². The molecular weight excluding hydrogens is 202 g/mol. The molecule has 94 valence electrons. The molecule has 0 bridgehead atoms. The monoisotopic (exact) mass is 227 g/mol. The van der Waals surface area contributed by atoms with Crippen LogP contribution in [-0.2, 0) is 9.53 Å². The maximum atomic E-state index is 11.0. The van der Waals surface area contributed by atoms with Crippen LogP contribution >= 0.6 is 0 Å². The third-order valence-electron chi connectivity index (χ3n) is 3.52. The van der Waals surface area contributed by atoms with E-state index in [0.717, 1.165) is 13.0 Å². The Morgan fingerprint density at radius 2 is 2.06 bits per heavy atom. The van der Waals surface area contributed by atoms with Crippen LogP contribution in [0.15, 0.2) is 0 Å². The molecule has 3 nitrogen and oxygen atoms in total. The van der Waals surface area contributed by atoms with E-state index >= 15 is 0 Å². The molecule has 0 aromatic carbocycles. The predicted molar refractivity (Wildman–Crippen MR) is 65.3 cm³/mol. The van der Waals surface area contributed by atoms with Crippen molar-refractivity contribution < 1.29 is 9.53 Å². The van der Waals surface area contributed by atoms with Crippen LogP contribution in [0.3, 0.4) is 0 Å². The molecule has 1 heterocycles. The Kier molecular flexibility index (Phi) is 5.26. The fourth-order valence-corrected chi connectivity index (χ4v) is 2.25. The summed E-state index contributed by atoms with van der Waals surface area (Å²) in [5.41, 5.74) is 0.497. The van der Waals surface area contributed by atoms with Gasteiger partial charge in [-0.3, -0.25) is 4.79 Å². The fraction of sp³-hybridized carbons (Fsp3) is 0.923. The van der Waals surface area contributed by atoms with Gasteiger partial charge < -0.3 is 9.64 Å². The molecule has 1 rings (SSSR count). The van der Waals surface area contributed by atoms with E-state index in [-0.39, 0.29) is 5.97 Å². The molecule has 1 aliphatic heterocycles. The molecule has 0 spiro atoms. The molecule has 3 heteroatoms. The topological polar surface area (TPSA) is 29.5 Å². The highest BCUT2D eigenvalue weighted by Crippen LogP contribution is 2.29. The van der Waals surface area contributed by atoms with E-state index in [1.165, 1.54) is 39.5 Å². The van der Waals surface area contributed by atoms with Gasteiger partial charge in [0.15, 0.2) is 0 Å². The van der Waals surface area contributed by atoms with Gasteiger partial charge in [-0.05, 0) is 50.7 Å². The van der Waals surface area contributed by atoms with Crippen LogP contribution in [0.5, 0.6) is 0 Å². The van der Waals surface area contributed by atoms with Crippen LogP contribution in [0.4, 0.5) is 0 Å². The molecule has 0 unspecified atom stereocenters. The van der Waals surface area contributed by atoms with E-state index < -0.39 is 0 Å². The van der Waals surface area contributed by atoms with Crippen LogP contribution in [0.25, 0.3) is 0 Å². The van der Waals surface area contributed by atoms with E-state index in [9.17, 15) is 4.79 Å². The maximum Gasteiger partial charge on any atom is 0.305 e. The number of likely N-dealkylation sites (tertiary alicyclic amines) is 1. The van der Waals surface area contributed by atoms with E-state index in [1.54, 1.807) is 0 Å². The molecule has 0 aromatic heterocycles. The van der Waals surface area contributed by atoms with Crippen molar-refractivity contribution in [3.8, 4) is 0 Å². The first-order valence-corrected chi connectivity index (χ1v) is 6.33. The van der Waals surface area contributed by atoms with E-state index in [4.69, 9.17) is 0 Å². The van der Waals surface area contributed by atoms with Gasteiger partial charge in [0, 0.05) is 6.42 Å². The first-order chi connectivity index (χ1) is 7.53. The summed E-state index contributed by atoms with van der Waals surface area (Å²) in [6.45, 7) is 8.10. The molecule has 0 aromatic rings. The molecule has 0 saturated carbocycles. The summed E-state index contributed by atoms with van der Waals surface area (Å²) in [5, 5.41) is 0. The molecular formula is C13H25NO2. The van der Waals surface area contributed by atoms with E-state index in [0.29, 0.717) is 11.8 Å². The zero-order chi connectivity index (χ0) is 12.0. The van der Waals surface area contributed by atoms with Gasteiger partial charge in [0.05, 0.1) is 7.11 Å². The van der Waals surface area contributed by atoms with Crippen molar-refractivity contribution in [1.29, 1.82) is 0 Å². The van der Waals surface area contributed by atoms with Crippen LogP contribution in [0.1, 0.15) is 46.0 Å². The van der Waals surface area contributed by atoms with Crippen molar-refractivity contribution in [3.63, 3.8) is 0 Å². The van der Waals surface area contributed by atoms with Crippen LogP contribution < -0.4 is 0 Å². The van der Waals surface area contributed by atoms with Crippen molar-refractivity contribution in [2.45, 2.75) is 46.0 Å². The van der Waals surface area contributed by atoms with Gasteiger partial charge in [-0.2, -0.15) is 0 Å². The third-order valence-corrected chi connectivity index (χ3v) is 3.52. The number of hydrogen-bond acceptors (Lipinski definition) is 3. The lowest BCUT2D eigenvalue weighted by atomic mass is 9.85. The number of rotatable bonds is 4. The van der Waals surface area contributed by atoms with Crippen molar-refractivity contribution in [2.75, 3.05) is 26.7 Å². The fourth-order valence-electron chi connectivity index (χ4n) is 2.25. The molecule has 0 N–H and O–H groups in total. The quantitative estimate of drug-likeness (QED) is 0.691. The summed E-state index contributed by atoms with van der Waals surface area (Å²) in [6, 6.07) is 0. The highest BCUT2D eigenvalue weighted by molar-refractivity contribution is 5.69. The lowest BCUT2D eigenvalue weighted by Crippen LogP contribution is -2.27. The average Bonchev–Trinajstić information content (AvgIpc) is 2.40. The molecule has 0 atom stereocenters. The normalized spacial score (nSPS) is 21.4. The van der Waals surface area contributed by atoms with E-state index in [2.05, 4.69) is 23.5 Å². The van der Waals surface area contributed by atoms with Crippen molar-refractivity contribution in [3.05, 3.63) is 0 Å². The maximum absolute atomic E-state index is 11.0. The Bertz CT molecular complexity index is 226. The number of hydrogen-bond donors (Lipinski definition) is 0. The van der Waals surface area contributed by atoms with Gasteiger partial charge >= 0.3 is 5.97 Å². The Morgan fingerprint density at radius 1 is 1.31 bits per heavy atom.